The fraction of sp³-hybridized carbons (Fsp3) is 0.368. The molecule has 1 saturated heterocycles. The predicted octanol–water partition coefficient (Wildman–Crippen LogP) is 4.59. The average Bonchev–Trinajstić information content (AvgIpc) is 2.64. The first-order valence-corrected chi connectivity index (χ1v) is 11.2. The molecule has 0 bridgehead atoms. The summed E-state index contributed by atoms with van der Waals surface area (Å²) in [6.07, 6.45) is 4.06. The van der Waals surface area contributed by atoms with E-state index in [0.717, 1.165) is 19.3 Å². The van der Waals surface area contributed by atoms with Crippen molar-refractivity contribution in [2.24, 2.45) is 0 Å². The molecule has 1 N–H and O–H groups in total. The summed E-state index contributed by atoms with van der Waals surface area (Å²) in [7, 11) is -3.59. The van der Waals surface area contributed by atoms with Crippen LogP contribution in [0.1, 0.15) is 43.5 Å². The molecule has 1 amide bonds. The van der Waals surface area contributed by atoms with E-state index in [1.165, 1.54) is 24.4 Å². The van der Waals surface area contributed by atoms with Crippen LogP contribution in [0.5, 0.6) is 0 Å². The van der Waals surface area contributed by atoms with Gasteiger partial charge in [0.15, 0.2) is 0 Å². The van der Waals surface area contributed by atoms with Crippen LogP contribution in [0.3, 0.4) is 0 Å². The number of hydrogen-bond donors (Lipinski definition) is 1. The van der Waals surface area contributed by atoms with Crippen molar-refractivity contribution in [2.75, 3.05) is 5.32 Å². The molecule has 0 spiro atoms. The van der Waals surface area contributed by atoms with Gasteiger partial charge in [0.05, 0.1) is 15.5 Å². The highest BCUT2D eigenvalue weighted by molar-refractivity contribution is 7.89. The van der Waals surface area contributed by atoms with Gasteiger partial charge in [-0.1, -0.05) is 29.6 Å². The number of sulfonamides is 1. The van der Waals surface area contributed by atoms with Gasteiger partial charge in [-0.3, -0.25) is 4.79 Å². The summed E-state index contributed by atoms with van der Waals surface area (Å²) in [6, 6.07) is 7.50. The van der Waals surface area contributed by atoms with Crippen molar-refractivity contribution in [3.63, 3.8) is 0 Å². The number of carbonyl (C=O) groups is 1. The van der Waals surface area contributed by atoms with Gasteiger partial charge in [-0.05, 0) is 57.0 Å². The zero-order chi connectivity index (χ0) is 20.5. The van der Waals surface area contributed by atoms with Gasteiger partial charge in [-0.2, -0.15) is 4.31 Å². The number of amides is 1. The normalized spacial score (nSPS) is 20.7. The molecular weight excluding hydrogens is 421 g/mol. The van der Waals surface area contributed by atoms with Crippen molar-refractivity contribution in [1.29, 1.82) is 0 Å². The molecule has 1 aromatic heterocycles. The Kier molecular flexibility index (Phi) is 6.29. The smallest absolute Gasteiger partial charge is 0.257 e. The Morgan fingerprint density at radius 1 is 1.14 bits per heavy atom. The Morgan fingerprint density at radius 2 is 1.75 bits per heavy atom. The van der Waals surface area contributed by atoms with E-state index < -0.39 is 15.9 Å². The number of anilines is 1. The van der Waals surface area contributed by atoms with Crippen molar-refractivity contribution in [3.05, 3.63) is 52.3 Å². The number of carbonyl (C=O) groups excluding carboxylic acids is 1. The topological polar surface area (TPSA) is 79.4 Å². The highest BCUT2D eigenvalue weighted by Gasteiger charge is 2.35. The summed E-state index contributed by atoms with van der Waals surface area (Å²) in [5, 5.41) is 2.99. The van der Waals surface area contributed by atoms with E-state index in [4.69, 9.17) is 23.2 Å². The predicted molar refractivity (Wildman–Crippen MR) is 110 cm³/mol. The van der Waals surface area contributed by atoms with Crippen molar-refractivity contribution < 1.29 is 13.2 Å². The number of aromatic nitrogens is 1. The third kappa shape index (κ3) is 4.33. The summed E-state index contributed by atoms with van der Waals surface area (Å²) in [5.41, 5.74) is 0.719. The molecule has 2 atom stereocenters. The molecule has 1 aliphatic heterocycles. The minimum Gasteiger partial charge on any atom is -0.322 e. The lowest BCUT2D eigenvalue weighted by Gasteiger charge is -2.37. The third-order valence-electron chi connectivity index (χ3n) is 4.86. The minimum atomic E-state index is -3.59. The number of piperidine rings is 1. The molecule has 1 fully saturated rings. The van der Waals surface area contributed by atoms with Crippen molar-refractivity contribution in [3.8, 4) is 0 Å². The van der Waals surface area contributed by atoms with Crippen LogP contribution in [0.4, 0.5) is 5.69 Å². The molecule has 2 heterocycles. The lowest BCUT2D eigenvalue weighted by atomic mass is 10.0. The maximum Gasteiger partial charge on any atom is 0.257 e. The number of pyridine rings is 1. The third-order valence-corrected chi connectivity index (χ3v) is 7.69. The Bertz CT molecular complexity index is 970. The monoisotopic (exact) mass is 441 g/mol. The van der Waals surface area contributed by atoms with Crippen molar-refractivity contribution in [1.82, 2.24) is 9.29 Å². The summed E-state index contributed by atoms with van der Waals surface area (Å²) in [5.74, 6) is -0.417. The lowest BCUT2D eigenvalue weighted by molar-refractivity contribution is 0.102. The standard InChI is InChI=1S/C19H21Cl2N3O3S/c1-12-4-3-5-13(2)24(12)28(26,27)16-8-6-15(7-9-16)23-19(25)14-10-17(20)18(21)22-11-14/h6-13H,3-5H2,1-2H3,(H,23,25). The Labute approximate surface area is 174 Å². The maximum absolute atomic E-state index is 13.0. The lowest BCUT2D eigenvalue weighted by Crippen LogP contribution is -2.47. The first kappa shape index (κ1) is 21.0. The van der Waals surface area contributed by atoms with Crippen LogP contribution in [-0.2, 0) is 10.0 Å². The van der Waals surface area contributed by atoms with Crippen molar-refractivity contribution in [2.45, 2.75) is 50.1 Å². The molecule has 2 aromatic rings. The molecule has 2 unspecified atom stereocenters. The molecule has 0 aliphatic carbocycles. The molecule has 1 aliphatic rings. The SMILES string of the molecule is CC1CCCC(C)N1S(=O)(=O)c1ccc(NC(=O)c2cnc(Cl)c(Cl)c2)cc1. The van der Waals surface area contributed by atoms with Gasteiger partial charge in [-0.25, -0.2) is 13.4 Å². The molecule has 0 radical (unpaired) electrons. The molecule has 28 heavy (non-hydrogen) atoms. The van der Waals surface area contributed by atoms with Gasteiger partial charge in [0.25, 0.3) is 5.91 Å². The molecule has 6 nitrogen and oxygen atoms in total. The van der Waals surface area contributed by atoms with Crippen LogP contribution in [0.2, 0.25) is 10.2 Å². The molecule has 9 heteroatoms. The largest absolute Gasteiger partial charge is 0.322 e. The highest BCUT2D eigenvalue weighted by Crippen LogP contribution is 2.30. The number of nitrogens with one attached hydrogen (secondary N) is 1. The van der Waals surface area contributed by atoms with E-state index in [1.807, 2.05) is 13.8 Å². The minimum absolute atomic E-state index is 0.0321. The van der Waals surface area contributed by atoms with Crippen LogP contribution in [0.15, 0.2) is 41.4 Å². The number of benzene rings is 1. The number of nitrogens with zero attached hydrogens (tertiary/aromatic N) is 2. The summed E-state index contributed by atoms with van der Waals surface area (Å²) in [6.45, 7) is 3.88. The molecule has 1 aromatic carbocycles. The van der Waals surface area contributed by atoms with Gasteiger partial charge in [0.1, 0.15) is 5.15 Å². The van der Waals surface area contributed by atoms with Crippen LogP contribution in [-0.4, -0.2) is 35.7 Å². The van der Waals surface area contributed by atoms with Gasteiger partial charge in [0, 0.05) is 24.0 Å². The van der Waals surface area contributed by atoms with Gasteiger partial charge >= 0.3 is 0 Å². The van der Waals surface area contributed by atoms with Crippen LogP contribution < -0.4 is 5.32 Å². The zero-order valence-electron chi connectivity index (χ0n) is 15.5. The van der Waals surface area contributed by atoms with Crippen LogP contribution in [0.25, 0.3) is 0 Å². The van der Waals surface area contributed by atoms with E-state index in [9.17, 15) is 13.2 Å². The fourth-order valence-corrected chi connectivity index (χ4v) is 5.60. The number of rotatable bonds is 4. The zero-order valence-corrected chi connectivity index (χ0v) is 17.9. The van der Waals surface area contributed by atoms with Gasteiger partial charge in [-0.15, -0.1) is 0 Å². The maximum atomic E-state index is 13.0. The highest BCUT2D eigenvalue weighted by atomic mass is 35.5. The quantitative estimate of drug-likeness (QED) is 0.703. The number of hydrogen-bond acceptors (Lipinski definition) is 4. The molecule has 150 valence electrons. The average molecular weight is 442 g/mol. The molecular formula is C19H21Cl2N3O3S. The first-order chi connectivity index (χ1) is 13.2. The molecule has 3 rings (SSSR count). The second-order valence-corrected chi connectivity index (χ2v) is 9.55. The number of halogens is 2. The van der Waals surface area contributed by atoms with Crippen molar-refractivity contribution >= 4 is 44.8 Å². The van der Waals surface area contributed by atoms with E-state index in [0.29, 0.717) is 5.69 Å². The Balaban J connectivity index is 1.77. The molecule has 0 saturated carbocycles. The van der Waals surface area contributed by atoms with E-state index in [2.05, 4.69) is 10.3 Å². The second-order valence-electron chi connectivity index (χ2n) is 6.94. The summed E-state index contributed by atoms with van der Waals surface area (Å²) >= 11 is 11.6. The van der Waals surface area contributed by atoms with Gasteiger partial charge in [0.2, 0.25) is 10.0 Å². The van der Waals surface area contributed by atoms with Gasteiger partial charge < -0.3 is 5.32 Å². The summed E-state index contributed by atoms with van der Waals surface area (Å²) in [4.78, 5) is 16.4. The van der Waals surface area contributed by atoms with Crippen LogP contribution >= 0.6 is 23.2 Å². The summed E-state index contributed by atoms with van der Waals surface area (Å²) < 4.78 is 27.7. The fourth-order valence-electron chi connectivity index (χ4n) is 3.45. The van der Waals surface area contributed by atoms with E-state index in [-0.39, 0.29) is 32.7 Å². The van der Waals surface area contributed by atoms with E-state index in [1.54, 1.807) is 16.4 Å². The second kappa shape index (κ2) is 8.37. The first-order valence-electron chi connectivity index (χ1n) is 8.96. The van der Waals surface area contributed by atoms with E-state index >= 15 is 0 Å². The Hall–Kier alpha value is -1.67. The Morgan fingerprint density at radius 3 is 2.32 bits per heavy atom. The van der Waals surface area contributed by atoms with Crippen LogP contribution in [0, 0.1) is 0 Å².